The maximum atomic E-state index is 12.2. The van der Waals surface area contributed by atoms with Gasteiger partial charge in [0.1, 0.15) is 0 Å². The summed E-state index contributed by atoms with van der Waals surface area (Å²) < 4.78 is 5.06. The lowest BCUT2D eigenvalue weighted by Gasteiger charge is -2.22. The number of rotatable bonds is 11. The van der Waals surface area contributed by atoms with Crippen LogP contribution in [-0.2, 0) is 14.4 Å². The standard InChI is InChI=1S/C23H30N2O4/c1-23(2,28-3)29-25-21(26)12-8-5-9-17-24-22(27)20-15-13-19(14-16-20)18-10-6-4-7-11-18/h4,6-7,10-11,13-16H,5,8-9,12,17H2,1-3H3,(H,24,27)(H,25,26). The monoisotopic (exact) mass is 398 g/mol. The smallest absolute Gasteiger partial charge is 0.251 e. The van der Waals surface area contributed by atoms with Crippen LogP contribution in [0.3, 0.4) is 0 Å². The molecule has 2 aromatic rings. The van der Waals surface area contributed by atoms with Crippen molar-refractivity contribution in [3.05, 3.63) is 60.2 Å². The fraction of sp³-hybridized carbons (Fsp3) is 0.391. The highest BCUT2D eigenvalue weighted by molar-refractivity contribution is 5.94. The average molecular weight is 399 g/mol. The second-order valence-electron chi connectivity index (χ2n) is 7.24. The third-order valence-corrected chi connectivity index (χ3v) is 4.52. The topological polar surface area (TPSA) is 76.7 Å². The quantitative estimate of drug-likeness (QED) is 0.340. The van der Waals surface area contributed by atoms with Gasteiger partial charge in [0, 0.05) is 25.6 Å². The van der Waals surface area contributed by atoms with Crippen molar-refractivity contribution in [3.8, 4) is 11.1 Å². The van der Waals surface area contributed by atoms with Gasteiger partial charge in [-0.15, -0.1) is 0 Å². The summed E-state index contributed by atoms with van der Waals surface area (Å²) >= 11 is 0. The van der Waals surface area contributed by atoms with Crippen molar-refractivity contribution >= 4 is 11.8 Å². The molecule has 6 heteroatoms. The number of benzene rings is 2. The van der Waals surface area contributed by atoms with Crippen molar-refractivity contribution in [3.63, 3.8) is 0 Å². The number of ether oxygens (including phenoxy) is 1. The van der Waals surface area contributed by atoms with Gasteiger partial charge in [0.25, 0.3) is 5.91 Å². The number of hydroxylamine groups is 1. The molecule has 0 aliphatic rings. The van der Waals surface area contributed by atoms with Crippen LogP contribution >= 0.6 is 0 Å². The summed E-state index contributed by atoms with van der Waals surface area (Å²) in [7, 11) is 1.51. The Hall–Kier alpha value is -2.70. The van der Waals surface area contributed by atoms with Gasteiger partial charge in [-0.2, -0.15) is 0 Å². The summed E-state index contributed by atoms with van der Waals surface area (Å²) in [6, 6.07) is 17.6. The highest BCUT2D eigenvalue weighted by Crippen LogP contribution is 2.19. The van der Waals surface area contributed by atoms with E-state index in [0.29, 0.717) is 18.5 Å². The zero-order valence-electron chi connectivity index (χ0n) is 17.4. The lowest BCUT2D eigenvalue weighted by molar-refractivity contribution is -0.231. The minimum absolute atomic E-state index is 0.0856. The van der Waals surface area contributed by atoms with Gasteiger partial charge >= 0.3 is 0 Å². The molecule has 0 radical (unpaired) electrons. The molecule has 0 aliphatic heterocycles. The van der Waals surface area contributed by atoms with Crippen LogP contribution in [0.1, 0.15) is 49.9 Å². The van der Waals surface area contributed by atoms with Crippen LogP contribution in [0.25, 0.3) is 11.1 Å². The number of unbranched alkanes of at least 4 members (excludes halogenated alkanes) is 2. The van der Waals surface area contributed by atoms with Gasteiger partial charge in [-0.05, 0) is 49.9 Å². The molecule has 0 aliphatic carbocycles. The van der Waals surface area contributed by atoms with Crippen LogP contribution in [0, 0.1) is 0 Å². The highest BCUT2D eigenvalue weighted by atomic mass is 16.8. The van der Waals surface area contributed by atoms with Crippen molar-refractivity contribution in [1.82, 2.24) is 10.8 Å². The molecule has 2 amide bonds. The maximum Gasteiger partial charge on any atom is 0.251 e. The minimum Gasteiger partial charge on any atom is -0.352 e. The van der Waals surface area contributed by atoms with Crippen LogP contribution in [0.2, 0.25) is 0 Å². The van der Waals surface area contributed by atoms with Crippen LogP contribution < -0.4 is 10.8 Å². The molecule has 156 valence electrons. The van der Waals surface area contributed by atoms with Crippen molar-refractivity contribution in [2.75, 3.05) is 13.7 Å². The Morgan fingerprint density at radius 2 is 1.55 bits per heavy atom. The molecule has 2 N–H and O–H groups in total. The van der Waals surface area contributed by atoms with Gasteiger partial charge in [0.05, 0.1) is 0 Å². The van der Waals surface area contributed by atoms with E-state index in [0.717, 1.165) is 30.4 Å². The first-order valence-corrected chi connectivity index (χ1v) is 9.87. The SMILES string of the molecule is COC(C)(C)ONC(=O)CCCCCNC(=O)c1ccc(-c2ccccc2)cc1. The zero-order chi connectivity index (χ0) is 21.1. The molecule has 29 heavy (non-hydrogen) atoms. The van der Waals surface area contributed by atoms with E-state index in [2.05, 4.69) is 10.8 Å². The summed E-state index contributed by atoms with van der Waals surface area (Å²) in [5.74, 6) is -1.12. The van der Waals surface area contributed by atoms with Gasteiger partial charge < -0.3 is 10.1 Å². The Balaban J connectivity index is 1.62. The van der Waals surface area contributed by atoms with Gasteiger partial charge in [-0.1, -0.05) is 48.9 Å². The fourth-order valence-electron chi connectivity index (χ4n) is 2.61. The molecule has 0 fully saturated rings. The van der Waals surface area contributed by atoms with E-state index in [-0.39, 0.29) is 11.8 Å². The van der Waals surface area contributed by atoms with Crippen LogP contribution in [0.5, 0.6) is 0 Å². The Labute approximate surface area is 172 Å². The Morgan fingerprint density at radius 3 is 2.21 bits per heavy atom. The molecule has 0 saturated carbocycles. The maximum absolute atomic E-state index is 12.2. The summed E-state index contributed by atoms with van der Waals surface area (Å²) in [5, 5.41) is 2.92. The molecule has 0 unspecified atom stereocenters. The molecule has 0 aromatic heterocycles. The Kier molecular flexibility index (Phi) is 8.83. The zero-order valence-corrected chi connectivity index (χ0v) is 17.4. The van der Waals surface area contributed by atoms with Gasteiger partial charge in [0.2, 0.25) is 5.91 Å². The van der Waals surface area contributed by atoms with Crippen LogP contribution in [0.4, 0.5) is 0 Å². The number of carbonyl (C=O) groups is 2. The highest BCUT2D eigenvalue weighted by Gasteiger charge is 2.18. The van der Waals surface area contributed by atoms with Crippen molar-refractivity contribution < 1.29 is 19.2 Å². The number of hydrogen-bond donors (Lipinski definition) is 2. The van der Waals surface area contributed by atoms with Crippen molar-refractivity contribution in [2.24, 2.45) is 0 Å². The normalized spacial score (nSPS) is 11.1. The van der Waals surface area contributed by atoms with Crippen molar-refractivity contribution in [1.29, 1.82) is 0 Å². The molecule has 0 heterocycles. The number of amides is 2. The van der Waals surface area contributed by atoms with E-state index in [1.807, 2.05) is 54.6 Å². The molecule has 0 atom stereocenters. The lowest BCUT2D eigenvalue weighted by atomic mass is 10.0. The summed E-state index contributed by atoms with van der Waals surface area (Å²) in [6.45, 7) is 4.00. The summed E-state index contributed by atoms with van der Waals surface area (Å²) in [5.41, 5.74) is 5.23. The van der Waals surface area contributed by atoms with E-state index in [9.17, 15) is 9.59 Å². The fourth-order valence-corrected chi connectivity index (χ4v) is 2.61. The summed E-state index contributed by atoms with van der Waals surface area (Å²) in [6.07, 6.45) is 2.75. The van der Waals surface area contributed by atoms with Crippen molar-refractivity contribution in [2.45, 2.75) is 45.3 Å². The molecular weight excluding hydrogens is 368 g/mol. The Morgan fingerprint density at radius 1 is 0.897 bits per heavy atom. The second kappa shape index (κ2) is 11.3. The average Bonchev–Trinajstić information content (AvgIpc) is 2.75. The third kappa shape index (κ3) is 8.05. The van der Waals surface area contributed by atoms with E-state index < -0.39 is 5.79 Å². The Bertz CT molecular complexity index is 773. The minimum atomic E-state index is -0.848. The third-order valence-electron chi connectivity index (χ3n) is 4.52. The molecule has 0 saturated heterocycles. The first-order chi connectivity index (χ1) is 13.9. The van der Waals surface area contributed by atoms with Crippen LogP contribution in [0.15, 0.2) is 54.6 Å². The van der Waals surface area contributed by atoms with E-state index in [4.69, 9.17) is 9.57 Å². The molecule has 2 aromatic carbocycles. The van der Waals surface area contributed by atoms with E-state index >= 15 is 0 Å². The molecule has 6 nitrogen and oxygen atoms in total. The first-order valence-electron chi connectivity index (χ1n) is 9.87. The van der Waals surface area contributed by atoms with Gasteiger partial charge in [-0.3, -0.25) is 9.59 Å². The number of hydrogen-bond acceptors (Lipinski definition) is 4. The summed E-state index contributed by atoms with van der Waals surface area (Å²) in [4.78, 5) is 29.1. The predicted octanol–water partition coefficient (Wildman–Crippen LogP) is 4.07. The number of methoxy groups -OCH3 is 1. The first kappa shape index (κ1) is 22.6. The second-order valence-corrected chi connectivity index (χ2v) is 7.24. The van der Waals surface area contributed by atoms with Gasteiger partial charge in [0.15, 0.2) is 5.79 Å². The van der Waals surface area contributed by atoms with Crippen LogP contribution in [-0.4, -0.2) is 31.3 Å². The van der Waals surface area contributed by atoms with E-state index in [1.165, 1.54) is 7.11 Å². The number of carbonyl (C=O) groups excluding carboxylic acids is 2. The van der Waals surface area contributed by atoms with Gasteiger partial charge in [-0.25, -0.2) is 10.3 Å². The molecule has 2 rings (SSSR count). The molecule has 0 spiro atoms. The predicted molar refractivity (Wildman–Crippen MR) is 113 cm³/mol. The molecule has 0 bridgehead atoms. The largest absolute Gasteiger partial charge is 0.352 e. The van der Waals surface area contributed by atoms with E-state index in [1.54, 1.807) is 13.8 Å². The number of nitrogens with one attached hydrogen (secondary N) is 2. The lowest BCUT2D eigenvalue weighted by Crippen LogP contribution is -2.37. The molecular formula is C23H30N2O4.